The Morgan fingerprint density at radius 3 is 2.54 bits per heavy atom. The van der Waals surface area contributed by atoms with Crippen LogP contribution >= 0.6 is 0 Å². The zero-order valence-electron chi connectivity index (χ0n) is 15.9. The zero-order valence-corrected chi connectivity index (χ0v) is 15.9. The first-order valence-corrected chi connectivity index (χ1v) is 8.72. The summed E-state index contributed by atoms with van der Waals surface area (Å²) in [6.45, 7) is 6.83. The number of imide groups is 1. The molecule has 1 aliphatic rings. The van der Waals surface area contributed by atoms with Crippen LogP contribution in [0.1, 0.15) is 67.9 Å². The molecule has 2 heterocycles. The molecule has 0 bridgehead atoms. The number of aromatic nitrogens is 1. The number of ether oxygens (including phenoxy) is 1. The highest BCUT2D eigenvalue weighted by Crippen LogP contribution is 2.27. The van der Waals surface area contributed by atoms with E-state index in [0.29, 0.717) is 0 Å². The molecule has 1 aromatic carbocycles. The molecule has 1 aliphatic heterocycles. The van der Waals surface area contributed by atoms with Crippen LogP contribution in [0.5, 0.6) is 0 Å². The molecule has 0 saturated heterocycles. The SMILES string of the molecule is CCOC(=O)c1c(C)noc1NC(=O)c1ccc2c(c1)C(=O)N(C(C)C)C2=O. The average molecular weight is 385 g/mol. The Balaban J connectivity index is 1.88. The highest BCUT2D eigenvalue weighted by Gasteiger charge is 2.37. The van der Waals surface area contributed by atoms with E-state index in [1.807, 2.05) is 0 Å². The van der Waals surface area contributed by atoms with E-state index >= 15 is 0 Å². The van der Waals surface area contributed by atoms with E-state index in [1.54, 1.807) is 27.7 Å². The maximum absolute atomic E-state index is 12.6. The molecule has 0 radical (unpaired) electrons. The lowest BCUT2D eigenvalue weighted by atomic mass is 10.1. The third-order valence-corrected chi connectivity index (χ3v) is 4.27. The van der Waals surface area contributed by atoms with Crippen LogP contribution < -0.4 is 5.32 Å². The van der Waals surface area contributed by atoms with Crippen molar-refractivity contribution in [1.29, 1.82) is 0 Å². The summed E-state index contributed by atoms with van der Waals surface area (Å²) in [6.07, 6.45) is 0. The minimum Gasteiger partial charge on any atom is -0.462 e. The van der Waals surface area contributed by atoms with Gasteiger partial charge < -0.3 is 9.26 Å². The Kier molecular flexibility index (Phi) is 5.00. The molecule has 146 valence electrons. The Bertz CT molecular complexity index is 992. The highest BCUT2D eigenvalue weighted by atomic mass is 16.5. The topological polar surface area (TPSA) is 119 Å². The molecular formula is C19H19N3O6. The second-order valence-corrected chi connectivity index (χ2v) is 6.48. The molecule has 0 unspecified atom stereocenters. The first-order valence-electron chi connectivity index (χ1n) is 8.72. The van der Waals surface area contributed by atoms with Crippen molar-refractivity contribution in [3.05, 3.63) is 46.1 Å². The second-order valence-electron chi connectivity index (χ2n) is 6.48. The molecule has 0 atom stereocenters. The molecule has 2 aromatic rings. The Labute approximate surface area is 160 Å². The monoisotopic (exact) mass is 385 g/mol. The van der Waals surface area contributed by atoms with Crippen molar-refractivity contribution in [3.63, 3.8) is 0 Å². The molecule has 1 aromatic heterocycles. The summed E-state index contributed by atoms with van der Waals surface area (Å²) in [7, 11) is 0. The summed E-state index contributed by atoms with van der Waals surface area (Å²) in [6, 6.07) is 3.91. The van der Waals surface area contributed by atoms with E-state index < -0.39 is 23.7 Å². The number of fused-ring (bicyclic) bond motifs is 1. The summed E-state index contributed by atoms with van der Waals surface area (Å²) in [5, 5.41) is 6.14. The first kappa shape index (κ1) is 19.3. The molecule has 28 heavy (non-hydrogen) atoms. The van der Waals surface area contributed by atoms with Gasteiger partial charge in [0.15, 0.2) is 0 Å². The van der Waals surface area contributed by atoms with Crippen LogP contribution in [0.3, 0.4) is 0 Å². The van der Waals surface area contributed by atoms with E-state index in [0.717, 1.165) is 4.90 Å². The van der Waals surface area contributed by atoms with Crippen LogP contribution in [0.4, 0.5) is 5.88 Å². The number of hydrogen-bond acceptors (Lipinski definition) is 7. The first-order chi connectivity index (χ1) is 13.3. The second kappa shape index (κ2) is 7.26. The molecule has 3 amide bonds. The van der Waals surface area contributed by atoms with Gasteiger partial charge in [0, 0.05) is 11.6 Å². The van der Waals surface area contributed by atoms with Crippen LogP contribution in [0, 0.1) is 6.92 Å². The van der Waals surface area contributed by atoms with Gasteiger partial charge in [-0.2, -0.15) is 0 Å². The molecule has 9 nitrogen and oxygen atoms in total. The number of carbonyl (C=O) groups is 4. The molecule has 1 N–H and O–H groups in total. The van der Waals surface area contributed by atoms with Gasteiger partial charge in [0.1, 0.15) is 5.56 Å². The predicted octanol–water partition coefficient (Wildman–Crippen LogP) is 2.42. The number of aryl methyl sites for hydroxylation is 1. The fourth-order valence-corrected chi connectivity index (χ4v) is 2.94. The number of benzene rings is 1. The van der Waals surface area contributed by atoms with E-state index in [-0.39, 0.29) is 46.5 Å². The van der Waals surface area contributed by atoms with Crippen LogP contribution in [-0.2, 0) is 4.74 Å². The minimum atomic E-state index is -0.668. The van der Waals surface area contributed by atoms with Gasteiger partial charge in [0.25, 0.3) is 17.7 Å². The predicted molar refractivity (Wildman–Crippen MR) is 97.2 cm³/mol. The van der Waals surface area contributed by atoms with Crippen LogP contribution in [0.15, 0.2) is 22.7 Å². The van der Waals surface area contributed by atoms with Crippen molar-refractivity contribution in [2.24, 2.45) is 0 Å². The molecule has 0 saturated carbocycles. The van der Waals surface area contributed by atoms with Crippen molar-refractivity contribution in [2.45, 2.75) is 33.7 Å². The van der Waals surface area contributed by atoms with Gasteiger partial charge in [-0.15, -0.1) is 0 Å². The fourth-order valence-electron chi connectivity index (χ4n) is 2.94. The molecule has 3 rings (SSSR count). The highest BCUT2D eigenvalue weighted by molar-refractivity contribution is 6.22. The standard InChI is InChI=1S/C19H19N3O6/c1-5-27-19(26)14-10(4)21-28-16(14)20-15(23)11-6-7-12-13(8-11)18(25)22(9(2)3)17(12)24/h6-9H,5H2,1-4H3,(H,20,23). The van der Waals surface area contributed by atoms with Gasteiger partial charge in [-0.25, -0.2) is 4.79 Å². The third-order valence-electron chi connectivity index (χ3n) is 4.27. The van der Waals surface area contributed by atoms with Gasteiger partial charge in [-0.1, -0.05) is 5.16 Å². The van der Waals surface area contributed by atoms with E-state index in [1.165, 1.54) is 18.2 Å². The van der Waals surface area contributed by atoms with Crippen molar-refractivity contribution in [3.8, 4) is 0 Å². The lowest BCUT2D eigenvalue weighted by Crippen LogP contribution is -2.35. The summed E-state index contributed by atoms with van der Waals surface area (Å²) >= 11 is 0. The Morgan fingerprint density at radius 2 is 1.89 bits per heavy atom. The smallest absolute Gasteiger partial charge is 0.345 e. The lowest BCUT2D eigenvalue weighted by Gasteiger charge is -2.17. The number of anilines is 1. The number of nitrogens with zero attached hydrogens (tertiary/aromatic N) is 2. The normalized spacial score (nSPS) is 13.1. The van der Waals surface area contributed by atoms with Gasteiger partial charge in [0.05, 0.1) is 23.4 Å². The van der Waals surface area contributed by atoms with Crippen LogP contribution in [0.25, 0.3) is 0 Å². The maximum Gasteiger partial charge on any atom is 0.345 e. The average Bonchev–Trinajstić information content (AvgIpc) is 3.12. The molecule has 0 spiro atoms. The van der Waals surface area contributed by atoms with Gasteiger partial charge in [0.2, 0.25) is 5.88 Å². The molecule has 0 aliphatic carbocycles. The Morgan fingerprint density at radius 1 is 1.21 bits per heavy atom. The number of nitrogens with one attached hydrogen (secondary N) is 1. The van der Waals surface area contributed by atoms with Gasteiger partial charge >= 0.3 is 5.97 Å². The summed E-state index contributed by atoms with van der Waals surface area (Å²) in [4.78, 5) is 50.6. The quantitative estimate of drug-likeness (QED) is 0.620. The number of hydrogen-bond donors (Lipinski definition) is 1. The number of esters is 1. The van der Waals surface area contributed by atoms with E-state index in [9.17, 15) is 19.2 Å². The zero-order chi connectivity index (χ0) is 20.6. The van der Waals surface area contributed by atoms with Crippen molar-refractivity contribution in [2.75, 3.05) is 11.9 Å². The summed E-state index contributed by atoms with van der Waals surface area (Å²) < 4.78 is 9.96. The molecule has 0 fully saturated rings. The fraction of sp³-hybridized carbons (Fsp3) is 0.316. The lowest BCUT2D eigenvalue weighted by molar-refractivity contribution is 0.0524. The number of rotatable bonds is 5. The Hall–Kier alpha value is -3.49. The molecular weight excluding hydrogens is 366 g/mol. The largest absolute Gasteiger partial charge is 0.462 e. The summed E-state index contributed by atoms with van der Waals surface area (Å²) in [5.41, 5.74) is 0.836. The van der Waals surface area contributed by atoms with Crippen molar-refractivity contribution < 1.29 is 28.4 Å². The number of amides is 3. The minimum absolute atomic E-state index is 0.0218. The van der Waals surface area contributed by atoms with Crippen LogP contribution in [0.2, 0.25) is 0 Å². The number of carbonyl (C=O) groups excluding carboxylic acids is 4. The third kappa shape index (κ3) is 3.15. The summed E-state index contributed by atoms with van der Waals surface area (Å²) in [5.74, 6) is -2.27. The van der Waals surface area contributed by atoms with Gasteiger partial charge in [-0.05, 0) is 45.9 Å². The van der Waals surface area contributed by atoms with E-state index in [2.05, 4.69) is 10.5 Å². The molecule has 9 heteroatoms. The van der Waals surface area contributed by atoms with Crippen molar-refractivity contribution in [1.82, 2.24) is 10.1 Å². The maximum atomic E-state index is 12.6. The van der Waals surface area contributed by atoms with E-state index in [4.69, 9.17) is 9.26 Å². The van der Waals surface area contributed by atoms with Crippen LogP contribution in [-0.4, -0.2) is 46.4 Å². The van der Waals surface area contributed by atoms with Gasteiger partial charge in [-0.3, -0.25) is 24.6 Å². The van der Waals surface area contributed by atoms with Crippen molar-refractivity contribution >= 4 is 29.6 Å².